The van der Waals surface area contributed by atoms with Crippen molar-refractivity contribution in [1.82, 2.24) is 14.9 Å². The number of fused-ring (bicyclic) bond motifs is 1. The molecule has 0 spiro atoms. The molecule has 128 valence electrons. The van der Waals surface area contributed by atoms with E-state index in [0.29, 0.717) is 6.61 Å². The van der Waals surface area contributed by atoms with Gasteiger partial charge >= 0.3 is 0 Å². The fraction of sp³-hybridized carbons (Fsp3) is 0.474. The van der Waals surface area contributed by atoms with Crippen LogP contribution in [0.15, 0.2) is 29.1 Å². The number of aromatic amines is 1. The van der Waals surface area contributed by atoms with Crippen LogP contribution in [-0.2, 0) is 19.5 Å². The number of hydrogen-bond acceptors (Lipinski definition) is 4. The first-order chi connectivity index (χ1) is 11.6. The summed E-state index contributed by atoms with van der Waals surface area (Å²) in [7, 11) is 0. The summed E-state index contributed by atoms with van der Waals surface area (Å²) >= 11 is 0. The first-order valence-electron chi connectivity index (χ1n) is 8.63. The van der Waals surface area contributed by atoms with Gasteiger partial charge in [0.15, 0.2) is 0 Å². The molecule has 1 aliphatic heterocycles. The number of H-pyrrole nitrogens is 1. The fourth-order valence-corrected chi connectivity index (χ4v) is 3.08. The Kier molecular flexibility index (Phi) is 5.00. The highest BCUT2D eigenvalue weighted by Gasteiger charge is 2.21. The van der Waals surface area contributed by atoms with Crippen molar-refractivity contribution in [2.24, 2.45) is 0 Å². The molecule has 5 nitrogen and oxygen atoms in total. The third-order valence-electron chi connectivity index (χ3n) is 4.33. The van der Waals surface area contributed by atoms with E-state index in [9.17, 15) is 4.79 Å². The molecule has 0 saturated carbocycles. The van der Waals surface area contributed by atoms with Gasteiger partial charge in [0.25, 0.3) is 5.56 Å². The van der Waals surface area contributed by atoms with Crippen LogP contribution in [0.2, 0.25) is 0 Å². The van der Waals surface area contributed by atoms with Gasteiger partial charge in [-0.05, 0) is 31.0 Å². The fourth-order valence-electron chi connectivity index (χ4n) is 3.08. The summed E-state index contributed by atoms with van der Waals surface area (Å²) in [5.41, 5.74) is 3.02. The molecule has 1 aliphatic rings. The van der Waals surface area contributed by atoms with Gasteiger partial charge in [-0.3, -0.25) is 9.69 Å². The second-order valence-electron chi connectivity index (χ2n) is 6.57. The molecule has 0 fully saturated rings. The van der Waals surface area contributed by atoms with Gasteiger partial charge in [-0.1, -0.05) is 26.0 Å². The number of benzene rings is 1. The Morgan fingerprint density at radius 2 is 2.21 bits per heavy atom. The predicted octanol–water partition coefficient (Wildman–Crippen LogP) is 2.85. The molecule has 0 saturated heterocycles. The van der Waals surface area contributed by atoms with Gasteiger partial charge in [0.2, 0.25) is 0 Å². The van der Waals surface area contributed by atoms with Gasteiger partial charge in [0, 0.05) is 31.1 Å². The van der Waals surface area contributed by atoms with Gasteiger partial charge < -0.3 is 9.72 Å². The molecular formula is C19H25N3O2. The van der Waals surface area contributed by atoms with Crippen molar-refractivity contribution < 1.29 is 4.74 Å². The number of rotatable bonds is 5. The molecular weight excluding hydrogens is 302 g/mol. The highest BCUT2D eigenvalue weighted by molar-refractivity contribution is 5.29. The highest BCUT2D eigenvalue weighted by Crippen LogP contribution is 2.20. The van der Waals surface area contributed by atoms with Crippen molar-refractivity contribution >= 4 is 0 Å². The molecule has 1 aromatic carbocycles. The van der Waals surface area contributed by atoms with Gasteiger partial charge in [0.1, 0.15) is 11.6 Å². The molecule has 2 aromatic rings. The average molecular weight is 327 g/mol. The molecule has 24 heavy (non-hydrogen) atoms. The molecule has 0 unspecified atom stereocenters. The molecule has 3 rings (SSSR count). The van der Waals surface area contributed by atoms with Crippen LogP contribution in [0, 0.1) is 0 Å². The standard InChI is InChI=1S/C19H25N3O2/c1-4-24-15-7-5-6-14(10-15)11-22-9-8-16-17(12-22)20-18(13(2)3)21-19(16)23/h5-7,10,13H,4,8-9,11-12H2,1-3H3,(H,20,21,23). The number of hydrogen-bond donors (Lipinski definition) is 1. The summed E-state index contributed by atoms with van der Waals surface area (Å²) in [6.45, 7) is 9.19. The zero-order chi connectivity index (χ0) is 17.1. The van der Waals surface area contributed by atoms with Crippen LogP contribution >= 0.6 is 0 Å². The zero-order valence-electron chi connectivity index (χ0n) is 14.6. The van der Waals surface area contributed by atoms with E-state index in [2.05, 4.69) is 22.0 Å². The summed E-state index contributed by atoms with van der Waals surface area (Å²) < 4.78 is 5.57. The number of aromatic nitrogens is 2. The van der Waals surface area contributed by atoms with Crippen molar-refractivity contribution in [2.45, 2.75) is 46.2 Å². The van der Waals surface area contributed by atoms with Crippen LogP contribution in [0.1, 0.15) is 49.3 Å². The Morgan fingerprint density at radius 1 is 1.38 bits per heavy atom. The first-order valence-corrected chi connectivity index (χ1v) is 8.63. The molecule has 2 heterocycles. The van der Waals surface area contributed by atoms with Gasteiger partial charge in [0.05, 0.1) is 12.3 Å². The summed E-state index contributed by atoms with van der Waals surface area (Å²) in [6, 6.07) is 8.21. The van der Waals surface area contributed by atoms with E-state index in [1.54, 1.807) is 0 Å². The molecule has 5 heteroatoms. The third-order valence-corrected chi connectivity index (χ3v) is 4.33. The van der Waals surface area contributed by atoms with E-state index in [-0.39, 0.29) is 11.5 Å². The largest absolute Gasteiger partial charge is 0.494 e. The van der Waals surface area contributed by atoms with Crippen LogP contribution in [0.5, 0.6) is 5.75 Å². The van der Waals surface area contributed by atoms with E-state index in [1.165, 1.54) is 5.56 Å². The monoisotopic (exact) mass is 327 g/mol. The summed E-state index contributed by atoms with van der Waals surface area (Å²) in [5, 5.41) is 0. The second kappa shape index (κ2) is 7.18. The smallest absolute Gasteiger partial charge is 0.254 e. The van der Waals surface area contributed by atoms with Crippen molar-refractivity contribution in [3.63, 3.8) is 0 Å². The number of nitrogens with one attached hydrogen (secondary N) is 1. The lowest BCUT2D eigenvalue weighted by Gasteiger charge is -2.28. The normalized spacial score (nSPS) is 14.7. The SMILES string of the molecule is CCOc1cccc(CN2CCc3c(nc(C(C)C)[nH]c3=O)C2)c1. The van der Waals surface area contributed by atoms with E-state index in [1.807, 2.05) is 32.9 Å². The van der Waals surface area contributed by atoms with Crippen molar-refractivity contribution in [3.8, 4) is 5.75 Å². The van der Waals surface area contributed by atoms with Crippen LogP contribution in [0.4, 0.5) is 0 Å². The van der Waals surface area contributed by atoms with Crippen molar-refractivity contribution in [1.29, 1.82) is 0 Å². The van der Waals surface area contributed by atoms with Crippen LogP contribution in [0.3, 0.4) is 0 Å². The lowest BCUT2D eigenvalue weighted by molar-refractivity contribution is 0.239. The minimum Gasteiger partial charge on any atom is -0.494 e. The van der Waals surface area contributed by atoms with E-state index < -0.39 is 0 Å². The summed E-state index contributed by atoms with van der Waals surface area (Å²) in [6.07, 6.45) is 0.751. The molecule has 1 aromatic heterocycles. The number of ether oxygens (including phenoxy) is 1. The molecule has 1 N–H and O–H groups in total. The summed E-state index contributed by atoms with van der Waals surface area (Å²) in [5.74, 6) is 1.91. The van der Waals surface area contributed by atoms with E-state index in [4.69, 9.17) is 9.72 Å². The third kappa shape index (κ3) is 3.67. The molecule has 0 amide bonds. The van der Waals surface area contributed by atoms with Crippen LogP contribution < -0.4 is 10.3 Å². The Morgan fingerprint density at radius 3 is 2.96 bits per heavy atom. The van der Waals surface area contributed by atoms with Gasteiger partial charge in [-0.25, -0.2) is 4.98 Å². The lowest BCUT2D eigenvalue weighted by Crippen LogP contribution is -2.35. The molecule has 0 radical (unpaired) electrons. The maximum atomic E-state index is 12.2. The first kappa shape index (κ1) is 16.7. The Balaban J connectivity index is 1.77. The lowest BCUT2D eigenvalue weighted by atomic mass is 10.0. The highest BCUT2D eigenvalue weighted by atomic mass is 16.5. The Bertz CT molecular complexity index is 767. The molecule has 0 bridgehead atoms. The minimum absolute atomic E-state index is 0.0293. The minimum atomic E-state index is 0.0293. The van der Waals surface area contributed by atoms with Crippen molar-refractivity contribution in [2.75, 3.05) is 13.2 Å². The van der Waals surface area contributed by atoms with E-state index >= 15 is 0 Å². The Hall–Kier alpha value is -2.14. The van der Waals surface area contributed by atoms with Gasteiger partial charge in [-0.15, -0.1) is 0 Å². The quantitative estimate of drug-likeness (QED) is 0.917. The van der Waals surface area contributed by atoms with E-state index in [0.717, 1.165) is 48.9 Å². The zero-order valence-corrected chi connectivity index (χ0v) is 14.6. The topological polar surface area (TPSA) is 58.2 Å². The number of nitrogens with zero attached hydrogens (tertiary/aromatic N) is 2. The molecule has 0 atom stereocenters. The maximum Gasteiger partial charge on any atom is 0.254 e. The van der Waals surface area contributed by atoms with Gasteiger partial charge in [-0.2, -0.15) is 0 Å². The summed E-state index contributed by atoms with van der Waals surface area (Å²) in [4.78, 5) is 22.2. The molecule has 0 aliphatic carbocycles. The predicted molar refractivity (Wildman–Crippen MR) is 94.4 cm³/mol. The van der Waals surface area contributed by atoms with Crippen LogP contribution in [-0.4, -0.2) is 28.0 Å². The second-order valence-corrected chi connectivity index (χ2v) is 6.57. The average Bonchev–Trinajstić information content (AvgIpc) is 2.55. The van der Waals surface area contributed by atoms with Crippen LogP contribution in [0.25, 0.3) is 0 Å². The Labute approximate surface area is 142 Å². The van der Waals surface area contributed by atoms with Crippen molar-refractivity contribution in [3.05, 3.63) is 57.3 Å². The maximum absolute atomic E-state index is 12.2.